The van der Waals surface area contributed by atoms with Crippen LogP contribution in [0.15, 0.2) is 15.2 Å². The molecule has 2 N–H and O–H groups in total. The Kier molecular flexibility index (Phi) is 4.12. The lowest BCUT2D eigenvalue weighted by molar-refractivity contribution is 0.0549. The molecule has 1 amide bonds. The molecule has 100 valence electrons. The lowest BCUT2D eigenvalue weighted by Crippen LogP contribution is -2.51. The van der Waals surface area contributed by atoms with Gasteiger partial charge < -0.3 is 15.1 Å². The molecule has 1 fully saturated rings. The lowest BCUT2D eigenvalue weighted by atomic mass is 9.96. The summed E-state index contributed by atoms with van der Waals surface area (Å²) in [5, 5.41) is 0. The van der Waals surface area contributed by atoms with Crippen LogP contribution < -0.4 is 5.73 Å². The van der Waals surface area contributed by atoms with E-state index in [1.807, 2.05) is 24.8 Å². The molecule has 0 bridgehead atoms. The first-order valence-corrected chi connectivity index (χ1v) is 7.12. The fourth-order valence-electron chi connectivity index (χ4n) is 2.54. The highest BCUT2D eigenvalue weighted by Gasteiger charge is 2.32. The third-order valence-electron chi connectivity index (χ3n) is 3.50. The molecule has 2 atom stereocenters. The topological polar surface area (TPSA) is 59.5 Å². The summed E-state index contributed by atoms with van der Waals surface area (Å²) in [5.41, 5.74) is 6.84. The third kappa shape index (κ3) is 2.62. The molecule has 18 heavy (non-hydrogen) atoms. The maximum atomic E-state index is 12.5. The second-order valence-corrected chi connectivity index (χ2v) is 5.77. The summed E-state index contributed by atoms with van der Waals surface area (Å²) in [6.45, 7) is 4.61. The van der Waals surface area contributed by atoms with Crippen LogP contribution in [0.25, 0.3) is 0 Å². The Labute approximate surface area is 116 Å². The largest absolute Gasteiger partial charge is 0.444 e. The monoisotopic (exact) mass is 314 g/mol. The van der Waals surface area contributed by atoms with Crippen molar-refractivity contribution in [3.05, 3.63) is 22.1 Å². The number of hydrogen-bond acceptors (Lipinski definition) is 3. The fourth-order valence-corrected chi connectivity index (χ4v) is 3.05. The molecule has 1 aromatic heterocycles. The van der Waals surface area contributed by atoms with Crippen molar-refractivity contribution < 1.29 is 9.21 Å². The summed E-state index contributed by atoms with van der Waals surface area (Å²) in [6, 6.07) is 1.93. The molecule has 1 aromatic rings. The summed E-state index contributed by atoms with van der Waals surface area (Å²) in [7, 11) is 0. The number of rotatable bonds is 2. The first-order chi connectivity index (χ1) is 8.50. The number of aryl methyl sites for hydroxylation is 1. The number of hydrogen-bond donors (Lipinski definition) is 1. The fraction of sp³-hybridized carbons (Fsp3) is 0.615. The van der Waals surface area contributed by atoms with Crippen molar-refractivity contribution in [2.75, 3.05) is 6.54 Å². The van der Waals surface area contributed by atoms with Gasteiger partial charge in [-0.1, -0.05) is 0 Å². The van der Waals surface area contributed by atoms with Crippen molar-refractivity contribution in [3.8, 4) is 0 Å². The van der Waals surface area contributed by atoms with E-state index < -0.39 is 0 Å². The van der Waals surface area contributed by atoms with Gasteiger partial charge in [0.15, 0.2) is 10.4 Å². The number of nitrogens with two attached hydrogens (primary N) is 1. The van der Waals surface area contributed by atoms with Gasteiger partial charge in [-0.15, -0.1) is 0 Å². The summed E-state index contributed by atoms with van der Waals surface area (Å²) >= 11 is 3.26. The molecule has 5 heteroatoms. The van der Waals surface area contributed by atoms with Crippen molar-refractivity contribution in [1.29, 1.82) is 0 Å². The normalized spacial score (nSPS) is 22.0. The van der Waals surface area contributed by atoms with E-state index in [-0.39, 0.29) is 18.0 Å². The third-order valence-corrected chi connectivity index (χ3v) is 3.89. The minimum absolute atomic E-state index is 0.00652. The van der Waals surface area contributed by atoms with Gasteiger partial charge in [0.25, 0.3) is 5.91 Å². The smallest absolute Gasteiger partial charge is 0.290 e. The lowest BCUT2D eigenvalue weighted by Gasteiger charge is -2.37. The minimum atomic E-state index is -0.0415. The maximum absolute atomic E-state index is 12.5. The SMILES string of the molecule is Cc1cc(Br)oc1C(=O)N1CCCCC1C(C)N. The van der Waals surface area contributed by atoms with E-state index in [1.165, 1.54) is 0 Å². The van der Waals surface area contributed by atoms with Gasteiger partial charge in [0.2, 0.25) is 0 Å². The predicted octanol–water partition coefficient (Wildman–Crippen LogP) is 2.69. The number of piperidine rings is 1. The number of amides is 1. The van der Waals surface area contributed by atoms with E-state index in [9.17, 15) is 4.79 Å². The number of carbonyl (C=O) groups excluding carboxylic acids is 1. The molecule has 2 rings (SSSR count). The molecule has 0 aromatic carbocycles. The molecule has 2 heterocycles. The van der Waals surface area contributed by atoms with Crippen molar-refractivity contribution in [2.24, 2.45) is 5.73 Å². The van der Waals surface area contributed by atoms with Crippen LogP contribution >= 0.6 is 15.9 Å². The Bertz CT molecular complexity index is 442. The van der Waals surface area contributed by atoms with E-state index in [0.717, 1.165) is 31.4 Å². The van der Waals surface area contributed by atoms with Gasteiger partial charge in [0.1, 0.15) is 0 Å². The number of halogens is 1. The second kappa shape index (κ2) is 5.45. The van der Waals surface area contributed by atoms with Gasteiger partial charge in [-0.05, 0) is 55.1 Å². The highest BCUT2D eigenvalue weighted by Crippen LogP contribution is 2.25. The molecule has 0 radical (unpaired) electrons. The summed E-state index contributed by atoms with van der Waals surface area (Å²) < 4.78 is 6.04. The van der Waals surface area contributed by atoms with Crippen molar-refractivity contribution in [1.82, 2.24) is 4.90 Å². The van der Waals surface area contributed by atoms with Crippen LogP contribution in [0.4, 0.5) is 0 Å². The highest BCUT2D eigenvalue weighted by molar-refractivity contribution is 9.10. The summed E-state index contributed by atoms with van der Waals surface area (Å²) in [6.07, 6.45) is 3.15. The van der Waals surface area contributed by atoms with Crippen LogP contribution in [0.2, 0.25) is 0 Å². The van der Waals surface area contributed by atoms with Gasteiger partial charge >= 0.3 is 0 Å². The molecular weight excluding hydrogens is 296 g/mol. The van der Waals surface area contributed by atoms with Gasteiger partial charge in [0, 0.05) is 24.2 Å². The average Bonchev–Trinajstić information content (AvgIpc) is 2.67. The predicted molar refractivity (Wildman–Crippen MR) is 73.5 cm³/mol. The van der Waals surface area contributed by atoms with Gasteiger partial charge in [-0.3, -0.25) is 4.79 Å². The summed E-state index contributed by atoms with van der Waals surface area (Å²) in [4.78, 5) is 14.4. The van der Waals surface area contributed by atoms with Crippen molar-refractivity contribution in [2.45, 2.75) is 45.2 Å². The standard InChI is InChI=1S/C13H19BrN2O2/c1-8-7-11(14)18-12(8)13(17)16-6-4-3-5-10(16)9(2)15/h7,9-10H,3-6,15H2,1-2H3. The maximum Gasteiger partial charge on any atom is 0.290 e. The van der Waals surface area contributed by atoms with E-state index >= 15 is 0 Å². The molecule has 4 nitrogen and oxygen atoms in total. The van der Waals surface area contributed by atoms with E-state index in [1.54, 1.807) is 0 Å². The second-order valence-electron chi connectivity index (χ2n) is 4.98. The zero-order valence-corrected chi connectivity index (χ0v) is 12.4. The molecule has 0 saturated carbocycles. The molecular formula is C13H19BrN2O2. The molecule has 1 aliphatic heterocycles. The number of likely N-dealkylation sites (tertiary alicyclic amines) is 1. The van der Waals surface area contributed by atoms with Crippen molar-refractivity contribution in [3.63, 3.8) is 0 Å². The Morgan fingerprint density at radius 2 is 2.33 bits per heavy atom. The Hall–Kier alpha value is -0.810. The number of nitrogens with zero attached hydrogens (tertiary/aromatic N) is 1. The molecule has 0 aliphatic carbocycles. The first kappa shape index (κ1) is 13.6. The van der Waals surface area contributed by atoms with E-state index in [4.69, 9.17) is 10.2 Å². The number of carbonyl (C=O) groups is 1. The van der Waals surface area contributed by atoms with Crippen LogP contribution in [-0.4, -0.2) is 29.4 Å². The zero-order chi connectivity index (χ0) is 13.3. The van der Waals surface area contributed by atoms with Gasteiger partial charge in [0.05, 0.1) is 0 Å². The first-order valence-electron chi connectivity index (χ1n) is 6.33. The average molecular weight is 315 g/mol. The van der Waals surface area contributed by atoms with Crippen LogP contribution in [0.5, 0.6) is 0 Å². The van der Waals surface area contributed by atoms with Crippen LogP contribution in [0.1, 0.15) is 42.3 Å². The van der Waals surface area contributed by atoms with E-state index in [0.29, 0.717) is 10.4 Å². The summed E-state index contributed by atoms with van der Waals surface area (Å²) in [5.74, 6) is 0.384. The van der Waals surface area contributed by atoms with Crippen LogP contribution in [-0.2, 0) is 0 Å². The van der Waals surface area contributed by atoms with Gasteiger partial charge in [-0.2, -0.15) is 0 Å². The quantitative estimate of drug-likeness (QED) is 0.913. The van der Waals surface area contributed by atoms with E-state index in [2.05, 4.69) is 15.9 Å². The molecule has 1 saturated heterocycles. The molecule has 2 unspecified atom stereocenters. The Morgan fingerprint density at radius 3 is 2.89 bits per heavy atom. The van der Waals surface area contributed by atoms with Gasteiger partial charge in [-0.25, -0.2) is 0 Å². The van der Waals surface area contributed by atoms with Crippen molar-refractivity contribution >= 4 is 21.8 Å². The zero-order valence-electron chi connectivity index (χ0n) is 10.8. The van der Waals surface area contributed by atoms with Crippen LogP contribution in [0.3, 0.4) is 0 Å². The number of furan rings is 1. The highest BCUT2D eigenvalue weighted by atomic mass is 79.9. The van der Waals surface area contributed by atoms with Crippen LogP contribution in [0, 0.1) is 6.92 Å². The Balaban J connectivity index is 2.23. The molecule has 1 aliphatic rings. The molecule has 0 spiro atoms. The Morgan fingerprint density at radius 1 is 1.61 bits per heavy atom. The minimum Gasteiger partial charge on any atom is -0.444 e.